The molecule has 0 radical (unpaired) electrons. The number of carbonyl (C=O) groups is 1. The Bertz CT molecular complexity index is 463. The topological polar surface area (TPSA) is 38.3 Å². The number of nitrogens with one attached hydrogen (secondary N) is 1. The van der Waals surface area contributed by atoms with Gasteiger partial charge in [-0.1, -0.05) is 19.9 Å². The normalized spacial score (nSPS) is 11.8. The van der Waals surface area contributed by atoms with Gasteiger partial charge in [0.25, 0.3) is 0 Å². The van der Waals surface area contributed by atoms with Gasteiger partial charge in [-0.2, -0.15) is 8.78 Å². The molecule has 20 heavy (non-hydrogen) atoms. The number of benzene rings is 1. The number of ether oxygens (including phenoxy) is 1. The summed E-state index contributed by atoms with van der Waals surface area (Å²) >= 11 is 0. The van der Waals surface area contributed by atoms with Crippen molar-refractivity contribution in [3.05, 3.63) is 24.3 Å². The van der Waals surface area contributed by atoms with Crippen molar-refractivity contribution in [1.82, 2.24) is 0 Å². The van der Waals surface area contributed by atoms with E-state index < -0.39 is 18.3 Å². The summed E-state index contributed by atoms with van der Waals surface area (Å²) in [6.45, 7) is 4.26. The van der Waals surface area contributed by atoms with Crippen LogP contribution in [0.4, 0.5) is 23.2 Å². The second kappa shape index (κ2) is 6.58. The van der Waals surface area contributed by atoms with Crippen LogP contribution in [-0.2, 0) is 4.79 Å². The third-order valence-corrected chi connectivity index (χ3v) is 2.25. The van der Waals surface area contributed by atoms with Crippen LogP contribution in [0.1, 0.15) is 13.8 Å². The van der Waals surface area contributed by atoms with Crippen LogP contribution in [-0.4, -0.2) is 24.9 Å². The number of amides is 1. The molecular weight excluding hydrogens is 278 g/mol. The van der Waals surface area contributed by atoms with E-state index in [1.54, 1.807) is 11.4 Å². The van der Waals surface area contributed by atoms with Gasteiger partial charge in [0.05, 0.1) is 6.61 Å². The number of hydrogen-bond donors (Lipinski definition) is 1. The van der Waals surface area contributed by atoms with Crippen molar-refractivity contribution >= 4 is 11.6 Å². The highest BCUT2D eigenvalue weighted by Gasteiger charge is 2.48. The van der Waals surface area contributed by atoms with Crippen LogP contribution in [0, 0.1) is 5.92 Å². The molecule has 7 heteroatoms. The van der Waals surface area contributed by atoms with Gasteiger partial charge in [-0.15, -0.1) is 0 Å². The highest BCUT2D eigenvalue weighted by atomic mass is 19.3. The largest absolute Gasteiger partial charge is 0.493 e. The number of rotatable bonds is 6. The second-order valence-corrected chi connectivity index (χ2v) is 4.61. The van der Waals surface area contributed by atoms with Crippen LogP contribution in [0.25, 0.3) is 0 Å². The van der Waals surface area contributed by atoms with Crippen LogP contribution in [0.15, 0.2) is 24.3 Å². The van der Waals surface area contributed by atoms with Gasteiger partial charge in [-0.25, -0.2) is 8.78 Å². The van der Waals surface area contributed by atoms with Crippen molar-refractivity contribution < 1.29 is 27.1 Å². The third-order valence-electron chi connectivity index (χ3n) is 2.25. The molecule has 112 valence electrons. The monoisotopic (exact) mass is 293 g/mol. The Morgan fingerprint density at radius 2 is 2.00 bits per heavy atom. The number of anilines is 1. The second-order valence-electron chi connectivity index (χ2n) is 4.61. The predicted molar refractivity (Wildman–Crippen MR) is 66.4 cm³/mol. The van der Waals surface area contributed by atoms with Gasteiger partial charge >= 0.3 is 18.3 Å². The lowest BCUT2D eigenvalue weighted by Gasteiger charge is -2.15. The molecule has 1 rings (SSSR count). The predicted octanol–water partition coefficient (Wildman–Crippen LogP) is 3.56. The minimum Gasteiger partial charge on any atom is -0.493 e. The summed E-state index contributed by atoms with van der Waals surface area (Å²) in [5, 5.41) is 1.74. The first-order valence-electron chi connectivity index (χ1n) is 5.93. The molecule has 0 spiro atoms. The van der Waals surface area contributed by atoms with E-state index in [2.05, 4.69) is 0 Å². The lowest BCUT2D eigenvalue weighted by Crippen LogP contribution is -2.40. The maximum atomic E-state index is 12.8. The molecule has 1 aromatic rings. The van der Waals surface area contributed by atoms with Crippen molar-refractivity contribution in [2.45, 2.75) is 26.2 Å². The smallest absolute Gasteiger partial charge is 0.383 e. The van der Waals surface area contributed by atoms with Gasteiger partial charge in [0, 0.05) is 11.8 Å². The highest BCUT2D eigenvalue weighted by Crippen LogP contribution is 2.26. The van der Waals surface area contributed by atoms with Gasteiger partial charge in [-0.3, -0.25) is 4.79 Å². The molecule has 0 aliphatic heterocycles. The number of alkyl halides is 4. The summed E-state index contributed by atoms with van der Waals surface area (Å²) < 4.78 is 54.9. The zero-order valence-corrected chi connectivity index (χ0v) is 11.0. The molecule has 0 aliphatic rings. The first kappa shape index (κ1) is 16.3. The first-order valence-corrected chi connectivity index (χ1v) is 5.93. The van der Waals surface area contributed by atoms with Crippen molar-refractivity contribution in [1.29, 1.82) is 0 Å². The minimum absolute atomic E-state index is 0.0309. The fourth-order valence-corrected chi connectivity index (χ4v) is 1.24. The van der Waals surface area contributed by atoms with E-state index in [0.29, 0.717) is 12.4 Å². The van der Waals surface area contributed by atoms with Crippen LogP contribution >= 0.6 is 0 Å². The van der Waals surface area contributed by atoms with E-state index in [4.69, 9.17) is 4.74 Å². The SMILES string of the molecule is CC(C)COc1cccc(NC(=O)C(F)(F)C(F)F)c1. The molecule has 0 unspecified atom stereocenters. The summed E-state index contributed by atoms with van der Waals surface area (Å²) in [6.07, 6.45) is -4.05. The maximum absolute atomic E-state index is 12.8. The molecule has 0 heterocycles. The standard InChI is InChI=1S/C13H15F4NO2/c1-8(2)7-20-10-5-3-4-9(6-10)18-12(19)13(16,17)11(14)15/h3-6,8,11H,7H2,1-2H3,(H,18,19). The maximum Gasteiger partial charge on any atom is 0.383 e. The molecule has 1 N–H and O–H groups in total. The van der Waals surface area contributed by atoms with Crippen molar-refractivity contribution in [3.8, 4) is 5.75 Å². The Hall–Kier alpha value is -1.79. The highest BCUT2D eigenvalue weighted by molar-refractivity contribution is 5.96. The summed E-state index contributed by atoms with van der Waals surface area (Å²) in [5.74, 6) is -6.16. The lowest BCUT2D eigenvalue weighted by molar-refractivity contribution is -0.163. The summed E-state index contributed by atoms with van der Waals surface area (Å²) in [6, 6.07) is 5.64. The van der Waals surface area contributed by atoms with Crippen molar-refractivity contribution in [2.24, 2.45) is 5.92 Å². The molecule has 0 atom stereocenters. The van der Waals surface area contributed by atoms with Crippen molar-refractivity contribution in [2.75, 3.05) is 11.9 Å². The molecular formula is C13H15F4NO2. The van der Waals surface area contributed by atoms with Gasteiger partial charge < -0.3 is 10.1 Å². The van der Waals surface area contributed by atoms with E-state index >= 15 is 0 Å². The van der Waals surface area contributed by atoms with Crippen LogP contribution in [0.5, 0.6) is 5.75 Å². The zero-order chi connectivity index (χ0) is 15.3. The van der Waals surface area contributed by atoms with E-state index in [9.17, 15) is 22.4 Å². The molecule has 0 saturated heterocycles. The molecule has 0 fully saturated rings. The molecule has 0 aromatic heterocycles. The van der Waals surface area contributed by atoms with Crippen molar-refractivity contribution in [3.63, 3.8) is 0 Å². The minimum atomic E-state index is -4.73. The fraction of sp³-hybridized carbons (Fsp3) is 0.462. The third kappa shape index (κ3) is 4.40. The summed E-state index contributed by atoms with van der Waals surface area (Å²) in [7, 11) is 0. The zero-order valence-electron chi connectivity index (χ0n) is 11.0. The van der Waals surface area contributed by atoms with Gasteiger partial charge in [0.15, 0.2) is 0 Å². The molecule has 0 aliphatic carbocycles. The van der Waals surface area contributed by atoms with E-state index in [0.717, 1.165) is 0 Å². The van der Waals surface area contributed by atoms with Gasteiger partial charge in [0.2, 0.25) is 0 Å². The fourth-order valence-electron chi connectivity index (χ4n) is 1.24. The Kier molecular flexibility index (Phi) is 5.35. The number of hydrogen-bond acceptors (Lipinski definition) is 2. The van der Waals surface area contributed by atoms with Gasteiger partial charge in [0.1, 0.15) is 5.75 Å². The Morgan fingerprint density at radius 1 is 1.35 bits per heavy atom. The average Bonchev–Trinajstić information content (AvgIpc) is 2.36. The Labute approximate surface area is 113 Å². The van der Waals surface area contributed by atoms with E-state index in [1.165, 1.54) is 18.2 Å². The molecule has 0 bridgehead atoms. The lowest BCUT2D eigenvalue weighted by atomic mass is 10.2. The Morgan fingerprint density at radius 3 is 2.55 bits per heavy atom. The average molecular weight is 293 g/mol. The van der Waals surface area contributed by atoms with E-state index in [-0.39, 0.29) is 11.6 Å². The quantitative estimate of drug-likeness (QED) is 0.814. The van der Waals surface area contributed by atoms with Crippen LogP contribution < -0.4 is 10.1 Å². The molecule has 1 aromatic carbocycles. The summed E-state index contributed by atoms with van der Waals surface area (Å²) in [5.41, 5.74) is -0.0309. The van der Waals surface area contributed by atoms with E-state index in [1.807, 2.05) is 13.8 Å². The molecule has 0 saturated carbocycles. The van der Waals surface area contributed by atoms with Gasteiger partial charge in [-0.05, 0) is 18.1 Å². The molecule has 3 nitrogen and oxygen atoms in total. The van der Waals surface area contributed by atoms with Crippen LogP contribution in [0.2, 0.25) is 0 Å². The number of halogens is 4. The summed E-state index contributed by atoms with van der Waals surface area (Å²) in [4.78, 5) is 11.1. The number of carbonyl (C=O) groups excluding carboxylic acids is 1. The molecule has 1 amide bonds. The first-order chi connectivity index (χ1) is 9.23. The Balaban J connectivity index is 2.73. The van der Waals surface area contributed by atoms with Crippen LogP contribution in [0.3, 0.4) is 0 Å².